The molecule has 0 aliphatic heterocycles. The predicted octanol–water partition coefficient (Wildman–Crippen LogP) is 2.18. The van der Waals surface area contributed by atoms with Gasteiger partial charge in [0.05, 0.1) is 4.92 Å². The van der Waals surface area contributed by atoms with Gasteiger partial charge in [0.25, 0.3) is 5.69 Å². The average Bonchev–Trinajstić information content (AvgIpc) is 2.38. The minimum Gasteiger partial charge on any atom is -0.367 e. The third-order valence-corrected chi connectivity index (χ3v) is 3.16. The summed E-state index contributed by atoms with van der Waals surface area (Å²) in [6, 6.07) is 4.62. The number of nitrogens with zero attached hydrogens (tertiary/aromatic N) is 3. The molecule has 1 unspecified atom stereocenters. The number of hydrogen-bond donors (Lipinski definition) is 0. The van der Waals surface area contributed by atoms with Crippen LogP contribution in [-0.4, -0.2) is 49.3 Å². The normalized spacial score (nSPS) is 12.2. The zero-order valence-electron chi connectivity index (χ0n) is 12.4. The Bertz CT molecular complexity index is 489. The smallest absolute Gasteiger partial charge is 0.270 e. The lowest BCUT2D eigenvalue weighted by Gasteiger charge is -2.32. The van der Waals surface area contributed by atoms with Crippen molar-refractivity contribution in [3.05, 3.63) is 33.9 Å². The van der Waals surface area contributed by atoms with Crippen LogP contribution < -0.4 is 4.90 Å². The molecule has 20 heavy (non-hydrogen) atoms. The number of benzene rings is 1. The summed E-state index contributed by atoms with van der Waals surface area (Å²) in [5.41, 5.74) is 1.03. The van der Waals surface area contributed by atoms with Crippen LogP contribution in [0.15, 0.2) is 18.2 Å². The molecule has 0 N–H and O–H groups in total. The molecule has 0 spiro atoms. The first-order chi connectivity index (χ1) is 9.40. The largest absolute Gasteiger partial charge is 0.367 e. The average molecular weight is 279 g/mol. The molecule has 6 nitrogen and oxygen atoms in total. The van der Waals surface area contributed by atoms with Crippen LogP contribution in [0, 0.1) is 10.1 Å². The number of non-ortho nitro benzene ring substituents is 1. The van der Waals surface area contributed by atoms with Gasteiger partial charge in [0.2, 0.25) is 0 Å². The van der Waals surface area contributed by atoms with Gasteiger partial charge in [-0.2, -0.15) is 0 Å². The number of aldehydes is 1. The van der Waals surface area contributed by atoms with E-state index < -0.39 is 4.92 Å². The second kappa shape index (κ2) is 7.00. The Labute approximate surface area is 119 Å². The SMILES string of the molecule is CCN(c1ccc([N+](=O)[O-])cc1C=O)C(C)CN(C)C. The van der Waals surface area contributed by atoms with E-state index in [2.05, 4.69) is 16.7 Å². The highest BCUT2D eigenvalue weighted by molar-refractivity contribution is 5.86. The maximum absolute atomic E-state index is 11.2. The van der Waals surface area contributed by atoms with Gasteiger partial charge in [-0.15, -0.1) is 0 Å². The summed E-state index contributed by atoms with van der Waals surface area (Å²) in [6.45, 7) is 5.64. The fraction of sp³-hybridized carbons (Fsp3) is 0.500. The Kier molecular flexibility index (Phi) is 5.64. The monoisotopic (exact) mass is 279 g/mol. The van der Waals surface area contributed by atoms with Crippen LogP contribution in [0.2, 0.25) is 0 Å². The van der Waals surface area contributed by atoms with E-state index in [1.807, 2.05) is 21.0 Å². The van der Waals surface area contributed by atoms with Gasteiger partial charge in [-0.05, 0) is 34.0 Å². The fourth-order valence-electron chi connectivity index (χ4n) is 2.36. The summed E-state index contributed by atoms with van der Waals surface area (Å²) in [4.78, 5) is 25.6. The summed E-state index contributed by atoms with van der Waals surface area (Å²) in [6.07, 6.45) is 0.674. The second-order valence-electron chi connectivity index (χ2n) is 5.02. The Morgan fingerprint density at radius 2 is 2.05 bits per heavy atom. The first-order valence-corrected chi connectivity index (χ1v) is 6.55. The number of anilines is 1. The summed E-state index contributed by atoms with van der Waals surface area (Å²) in [7, 11) is 3.97. The Morgan fingerprint density at radius 1 is 1.40 bits per heavy atom. The molecular weight excluding hydrogens is 258 g/mol. The molecule has 6 heteroatoms. The molecule has 0 saturated carbocycles. The number of carbonyl (C=O) groups is 1. The van der Waals surface area contributed by atoms with Crippen LogP contribution in [0.3, 0.4) is 0 Å². The molecule has 0 saturated heterocycles. The lowest BCUT2D eigenvalue weighted by Crippen LogP contribution is -2.40. The van der Waals surface area contributed by atoms with Gasteiger partial charge in [-0.25, -0.2) is 0 Å². The Balaban J connectivity index is 3.14. The van der Waals surface area contributed by atoms with Crippen LogP contribution in [0.1, 0.15) is 24.2 Å². The van der Waals surface area contributed by atoms with E-state index in [0.29, 0.717) is 11.8 Å². The van der Waals surface area contributed by atoms with E-state index in [4.69, 9.17) is 0 Å². The van der Waals surface area contributed by atoms with Crippen molar-refractivity contribution < 1.29 is 9.72 Å². The molecule has 0 aliphatic carbocycles. The molecule has 1 aromatic carbocycles. The van der Waals surface area contributed by atoms with Crippen molar-refractivity contribution in [3.63, 3.8) is 0 Å². The van der Waals surface area contributed by atoms with Crippen LogP contribution in [0.25, 0.3) is 0 Å². The van der Waals surface area contributed by atoms with Crippen molar-refractivity contribution in [2.45, 2.75) is 19.9 Å². The van der Waals surface area contributed by atoms with E-state index in [9.17, 15) is 14.9 Å². The van der Waals surface area contributed by atoms with Crippen LogP contribution in [0.4, 0.5) is 11.4 Å². The maximum atomic E-state index is 11.2. The molecule has 0 amide bonds. The van der Waals surface area contributed by atoms with Crippen molar-refractivity contribution >= 4 is 17.7 Å². The summed E-state index contributed by atoms with van der Waals surface area (Å²) in [5, 5.41) is 10.8. The van der Waals surface area contributed by atoms with E-state index in [1.54, 1.807) is 6.07 Å². The zero-order valence-corrected chi connectivity index (χ0v) is 12.4. The van der Waals surface area contributed by atoms with E-state index in [1.165, 1.54) is 12.1 Å². The van der Waals surface area contributed by atoms with E-state index >= 15 is 0 Å². The Morgan fingerprint density at radius 3 is 2.50 bits per heavy atom. The topological polar surface area (TPSA) is 66.7 Å². The van der Waals surface area contributed by atoms with E-state index in [-0.39, 0.29) is 11.7 Å². The van der Waals surface area contributed by atoms with E-state index in [0.717, 1.165) is 18.8 Å². The molecule has 0 fully saturated rings. The summed E-state index contributed by atoms with van der Waals surface area (Å²) < 4.78 is 0. The molecule has 0 aliphatic rings. The predicted molar refractivity (Wildman–Crippen MR) is 79.5 cm³/mol. The van der Waals surface area contributed by atoms with Gasteiger partial charge >= 0.3 is 0 Å². The molecule has 1 atom stereocenters. The maximum Gasteiger partial charge on any atom is 0.270 e. The molecular formula is C14H21N3O3. The molecule has 0 aromatic heterocycles. The van der Waals surface area contributed by atoms with Gasteiger partial charge in [-0.1, -0.05) is 0 Å². The minimum atomic E-state index is -0.490. The molecule has 1 rings (SSSR count). The minimum absolute atomic E-state index is 0.0628. The molecule has 1 aromatic rings. The molecule has 0 radical (unpaired) electrons. The number of rotatable bonds is 7. The highest BCUT2D eigenvalue weighted by atomic mass is 16.6. The highest BCUT2D eigenvalue weighted by Crippen LogP contribution is 2.25. The lowest BCUT2D eigenvalue weighted by atomic mass is 10.1. The first kappa shape index (κ1) is 16.1. The van der Waals surface area contributed by atoms with Crippen LogP contribution in [-0.2, 0) is 0 Å². The third kappa shape index (κ3) is 3.77. The van der Waals surface area contributed by atoms with Gasteiger partial charge in [0.1, 0.15) is 0 Å². The zero-order chi connectivity index (χ0) is 15.3. The first-order valence-electron chi connectivity index (χ1n) is 6.55. The number of hydrogen-bond acceptors (Lipinski definition) is 5. The van der Waals surface area contributed by atoms with Crippen molar-refractivity contribution in [2.24, 2.45) is 0 Å². The van der Waals surface area contributed by atoms with Gasteiger partial charge in [0.15, 0.2) is 6.29 Å². The van der Waals surface area contributed by atoms with Crippen LogP contribution in [0.5, 0.6) is 0 Å². The summed E-state index contributed by atoms with van der Waals surface area (Å²) >= 11 is 0. The number of nitro benzene ring substituents is 1. The number of carbonyl (C=O) groups excluding carboxylic acids is 1. The van der Waals surface area contributed by atoms with Crippen molar-refractivity contribution in [2.75, 3.05) is 32.1 Å². The Hall–Kier alpha value is -1.95. The van der Waals surface area contributed by atoms with Crippen molar-refractivity contribution in [1.82, 2.24) is 4.90 Å². The standard InChI is InChI=1S/C14H21N3O3/c1-5-16(11(2)9-15(3)4)14-7-6-13(17(19)20)8-12(14)10-18/h6-8,10-11H,5,9H2,1-4H3. The van der Waals surface area contributed by atoms with Crippen LogP contribution >= 0.6 is 0 Å². The molecule has 0 heterocycles. The quantitative estimate of drug-likeness (QED) is 0.435. The van der Waals surface area contributed by atoms with Crippen molar-refractivity contribution in [3.8, 4) is 0 Å². The molecule has 0 bridgehead atoms. The second-order valence-corrected chi connectivity index (χ2v) is 5.02. The molecule has 110 valence electrons. The van der Waals surface area contributed by atoms with Gasteiger partial charge in [0, 0.05) is 42.5 Å². The number of nitro groups is 1. The van der Waals surface area contributed by atoms with Gasteiger partial charge < -0.3 is 9.80 Å². The van der Waals surface area contributed by atoms with Gasteiger partial charge in [-0.3, -0.25) is 14.9 Å². The highest BCUT2D eigenvalue weighted by Gasteiger charge is 2.19. The fourth-order valence-corrected chi connectivity index (χ4v) is 2.36. The lowest BCUT2D eigenvalue weighted by molar-refractivity contribution is -0.384. The summed E-state index contributed by atoms with van der Waals surface area (Å²) in [5.74, 6) is 0. The van der Waals surface area contributed by atoms with Crippen molar-refractivity contribution in [1.29, 1.82) is 0 Å². The number of likely N-dealkylation sites (N-methyl/N-ethyl adjacent to an activating group) is 2. The third-order valence-electron chi connectivity index (χ3n) is 3.16.